The van der Waals surface area contributed by atoms with Crippen LogP contribution in [0.25, 0.3) is 0 Å². The van der Waals surface area contributed by atoms with Crippen molar-refractivity contribution in [2.24, 2.45) is 0 Å². The Hall–Kier alpha value is -2.56. The highest BCUT2D eigenvalue weighted by atomic mass is 32.2. The van der Waals surface area contributed by atoms with Crippen molar-refractivity contribution in [3.63, 3.8) is 0 Å². The number of rotatable bonds is 5. The normalized spacial score (nSPS) is 9.84. The first kappa shape index (κ1) is 18.8. The van der Waals surface area contributed by atoms with Crippen molar-refractivity contribution in [1.82, 2.24) is 0 Å². The Labute approximate surface area is 151 Å². The molecule has 0 aliphatic rings. The predicted octanol–water partition coefficient (Wildman–Crippen LogP) is 5.62. The van der Waals surface area contributed by atoms with Crippen LogP contribution in [0.3, 0.4) is 0 Å². The summed E-state index contributed by atoms with van der Waals surface area (Å²) >= 11 is 0.466. The summed E-state index contributed by atoms with van der Waals surface area (Å²) in [5.41, 5.74) is 3.42. The van der Waals surface area contributed by atoms with Crippen molar-refractivity contribution in [2.75, 3.05) is 0 Å². The third-order valence-electron chi connectivity index (χ3n) is 3.68. The lowest BCUT2D eigenvalue weighted by atomic mass is 9.99. The number of hydrogen-bond acceptors (Lipinski definition) is 2. The number of hydrogen-bond donors (Lipinski definition) is 0. The van der Waals surface area contributed by atoms with E-state index in [1.807, 2.05) is 25.1 Å². The molecule has 0 aliphatic heterocycles. The van der Waals surface area contributed by atoms with Crippen LogP contribution in [0.4, 0.5) is 8.78 Å². The fraction of sp³-hybridized carbons (Fsp3) is 0.190. The van der Waals surface area contributed by atoms with E-state index in [0.29, 0.717) is 11.8 Å². The fourth-order valence-electron chi connectivity index (χ4n) is 2.40. The molecule has 2 aromatic carbocycles. The van der Waals surface area contributed by atoms with Gasteiger partial charge in [-0.2, -0.15) is 5.26 Å². The van der Waals surface area contributed by atoms with Crippen molar-refractivity contribution >= 4 is 11.8 Å². The number of thiocyanates is 1. The first-order valence-corrected chi connectivity index (χ1v) is 8.70. The first-order valence-electron chi connectivity index (χ1n) is 7.88. The number of halogens is 2. The van der Waals surface area contributed by atoms with Crippen molar-refractivity contribution in [3.8, 4) is 17.2 Å². The largest absolute Gasteiger partial charge is 0.206 e. The fourth-order valence-corrected chi connectivity index (χ4v) is 2.80. The summed E-state index contributed by atoms with van der Waals surface area (Å²) in [6.45, 7) is 5.77. The van der Waals surface area contributed by atoms with E-state index >= 15 is 0 Å². The molecule has 1 nitrogen and oxygen atoms in total. The number of aryl methyl sites for hydroxylation is 2. The molecule has 0 atom stereocenters. The van der Waals surface area contributed by atoms with E-state index in [1.54, 1.807) is 5.40 Å². The minimum atomic E-state index is -0.772. The lowest BCUT2D eigenvalue weighted by molar-refractivity contribution is 0.540. The Bertz CT molecular complexity index is 862. The summed E-state index contributed by atoms with van der Waals surface area (Å²) in [4.78, 5) is -0.297. The minimum Gasteiger partial charge on any atom is -0.206 e. The molecule has 126 valence electrons. The van der Waals surface area contributed by atoms with Gasteiger partial charge in [-0.1, -0.05) is 37.0 Å². The monoisotopic (exact) mass is 353 g/mol. The standard InChI is InChI=1S/C21H17F2NS/c1-3-5-6-15-7-9-18(17(4-2)11-15)10-8-16-12-19(22)21(25-14-24)20(23)13-16/h3,7,9,11-13H,1,4-6H2,2H3. The topological polar surface area (TPSA) is 23.8 Å². The van der Waals surface area contributed by atoms with Crippen molar-refractivity contribution in [2.45, 2.75) is 31.1 Å². The number of benzene rings is 2. The number of allylic oxidation sites excluding steroid dienone is 1. The summed E-state index contributed by atoms with van der Waals surface area (Å²) < 4.78 is 27.7. The van der Waals surface area contributed by atoms with E-state index in [9.17, 15) is 8.78 Å². The Morgan fingerprint density at radius 3 is 2.48 bits per heavy atom. The molecule has 0 amide bonds. The van der Waals surface area contributed by atoms with Crippen LogP contribution < -0.4 is 0 Å². The summed E-state index contributed by atoms with van der Waals surface area (Å²) in [5, 5.41) is 10.2. The smallest absolute Gasteiger partial charge is 0.142 e. The van der Waals surface area contributed by atoms with Gasteiger partial charge in [0.15, 0.2) is 0 Å². The maximum Gasteiger partial charge on any atom is 0.142 e. The molecule has 0 N–H and O–H groups in total. The van der Waals surface area contributed by atoms with Gasteiger partial charge < -0.3 is 0 Å². The molecule has 0 radical (unpaired) electrons. The average Bonchev–Trinajstić information content (AvgIpc) is 2.61. The van der Waals surface area contributed by atoms with Gasteiger partial charge in [0.05, 0.1) is 4.90 Å². The van der Waals surface area contributed by atoms with Crippen LogP contribution in [-0.2, 0) is 12.8 Å². The molecule has 4 heteroatoms. The van der Waals surface area contributed by atoms with Crippen molar-refractivity contribution in [3.05, 3.63) is 76.9 Å². The molecule has 25 heavy (non-hydrogen) atoms. The second-order valence-corrected chi connectivity index (χ2v) is 6.18. The maximum absolute atomic E-state index is 13.9. The zero-order chi connectivity index (χ0) is 18.2. The second kappa shape index (κ2) is 9.06. The summed E-state index contributed by atoms with van der Waals surface area (Å²) in [7, 11) is 0. The first-order chi connectivity index (χ1) is 12.1. The van der Waals surface area contributed by atoms with Crippen molar-refractivity contribution in [1.29, 1.82) is 5.26 Å². The van der Waals surface area contributed by atoms with Crippen LogP contribution in [0.1, 0.15) is 35.6 Å². The van der Waals surface area contributed by atoms with E-state index in [0.717, 1.165) is 42.5 Å². The Balaban J connectivity index is 2.32. The number of thioether (sulfide) groups is 1. The SMILES string of the molecule is C=CCCc1ccc(C#Cc2cc(F)c(SC#N)c(F)c2)c(CC)c1. The third kappa shape index (κ3) is 4.95. The molecule has 0 aromatic heterocycles. The summed E-state index contributed by atoms with van der Waals surface area (Å²) in [5.74, 6) is 4.26. The van der Waals surface area contributed by atoms with Gasteiger partial charge in [-0.25, -0.2) is 8.78 Å². The molecule has 0 saturated heterocycles. The van der Waals surface area contributed by atoms with E-state index in [2.05, 4.69) is 24.5 Å². The highest BCUT2D eigenvalue weighted by Crippen LogP contribution is 2.25. The van der Waals surface area contributed by atoms with Gasteiger partial charge in [0.2, 0.25) is 0 Å². The van der Waals surface area contributed by atoms with Crippen LogP contribution in [0.5, 0.6) is 0 Å². The highest BCUT2D eigenvalue weighted by Gasteiger charge is 2.11. The zero-order valence-corrected chi connectivity index (χ0v) is 14.7. The molecular weight excluding hydrogens is 336 g/mol. The van der Waals surface area contributed by atoms with Gasteiger partial charge in [-0.05, 0) is 60.4 Å². The van der Waals surface area contributed by atoms with Crippen LogP contribution in [0.15, 0.2) is 47.9 Å². The van der Waals surface area contributed by atoms with Gasteiger partial charge in [-0.3, -0.25) is 0 Å². The maximum atomic E-state index is 13.9. The van der Waals surface area contributed by atoms with Crippen molar-refractivity contribution < 1.29 is 8.78 Å². The highest BCUT2D eigenvalue weighted by molar-refractivity contribution is 8.03. The zero-order valence-electron chi connectivity index (χ0n) is 13.9. The lowest BCUT2D eigenvalue weighted by Gasteiger charge is -2.05. The van der Waals surface area contributed by atoms with E-state index in [-0.39, 0.29) is 10.5 Å². The Morgan fingerprint density at radius 1 is 1.16 bits per heavy atom. The Morgan fingerprint density at radius 2 is 1.88 bits per heavy atom. The van der Waals surface area contributed by atoms with Gasteiger partial charge in [-0.15, -0.1) is 6.58 Å². The third-order valence-corrected chi connectivity index (χ3v) is 4.36. The molecule has 0 heterocycles. The van der Waals surface area contributed by atoms with Crippen LogP contribution >= 0.6 is 11.8 Å². The minimum absolute atomic E-state index is 0.245. The van der Waals surface area contributed by atoms with Gasteiger partial charge in [0.1, 0.15) is 17.0 Å². The van der Waals surface area contributed by atoms with Crippen LogP contribution in [0.2, 0.25) is 0 Å². The van der Waals surface area contributed by atoms with Crippen LogP contribution in [0, 0.1) is 34.1 Å². The average molecular weight is 353 g/mol. The van der Waals surface area contributed by atoms with E-state index in [4.69, 9.17) is 5.26 Å². The molecule has 0 saturated carbocycles. The second-order valence-electron chi connectivity index (χ2n) is 5.38. The molecule has 0 fully saturated rings. The molecule has 2 aromatic rings. The molecule has 0 aliphatic carbocycles. The number of nitrogens with zero attached hydrogens (tertiary/aromatic N) is 1. The lowest BCUT2D eigenvalue weighted by Crippen LogP contribution is -1.93. The molecular formula is C21H17F2NS. The number of nitriles is 1. The van der Waals surface area contributed by atoms with Gasteiger partial charge >= 0.3 is 0 Å². The predicted molar refractivity (Wildman–Crippen MR) is 98.1 cm³/mol. The molecule has 0 bridgehead atoms. The van der Waals surface area contributed by atoms with Gasteiger partial charge in [0, 0.05) is 11.1 Å². The van der Waals surface area contributed by atoms with Gasteiger partial charge in [0.25, 0.3) is 0 Å². The molecule has 0 unspecified atom stereocenters. The van der Waals surface area contributed by atoms with Crippen LogP contribution in [-0.4, -0.2) is 0 Å². The summed E-state index contributed by atoms with van der Waals surface area (Å²) in [6.07, 6.45) is 4.56. The molecule has 2 rings (SSSR count). The summed E-state index contributed by atoms with van der Waals surface area (Å²) in [6, 6.07) is 8.37. The van der Waals surface area contributed by atoms with E-state index < -0.39 is 11.6 Å². The quantitative estimate of drug-likeness (QED) is 0.301. The molecule has 0 spiro atoms. The van der Waals surface area contributed by atoms with E-state index in [1.165, 1.54) is 5.56 Å². The Kier molecular flexibility index (Phi) is 6.81.